The lowest BCUT2D eigenvalue weighted by atomic mass is 10.1. The molecule has 88 valence electrons. The molecular formula is C13H13NO3. The second kappa shape index (κ2) is 4.41. The zero-order chi connectivity index (χ0) is 12.4. The minimum absolute atomic E-state index is 0.140. The van der Waals surface area contributed by atoms with E-state index >= 15 is 0 Å². The molecule has 4 heteroatoms. The summed E-state index contributed by atoms with van der Waals surface area (Å²) in [6.45, 7) is 3.95. The first-order chi connectivity index (χ1) is 8.11. The molecule has 0 atom stereocenters. The lowest BCUT2D eigenvalue weighted by molar-refractivity contribution is 0.0526. The van der Waals surface area contributed by atoms with E-state index < -0.39 is 0 Å². The molecule has 0 aliphatic carbocycles. The van der Waals surface area contributed by atoms with Crippen LogP contribution in [0.15, 0.2) is 29.1 Å². The monoisotopic (exact) mass is 231 g/mol. The molecular weight excluding hydrogens is 218 g/mol. The molecule has 1 aromatic heterocycles. The molecule has 1 heterocycles. The molecule has 2 rings (SSSR count). The molecule has 2 aromatic rings. The van der Waals surface area contributed by atoms with Crippen molar-refractivity contribution in [3.05, 3.63) is 45.7 Å². The van der Waals surface area contributed by atoms with Crippen molar-refractivity contribution in [3.63, 3.8) is 0 Å². The predicted octanol–water partition coefficient (Wildman–Crippen LogP) is 2.01. The highest BCUT2D eigenvalue weighted by molar-refractivity contribution is 5.95. The van der Waals surface area contributed by atoms with Crippen LogP contribution < -0.4 is 5.56 Å². The Hall–Kier alpha value is -2.10. The third-order valence-corrected chi connectivity index (χ3v) is 2.56. The summed E-state index contributed by atoms with van der Waals surface area (Å²) in [5, 5.41) is 0.857. The first-order valence-electron chi connectivity index (χ1n) is 5.42. The molecule has 0 aliphatic rings. The standard InChI is InChI=1S/C13H13NO3/c1-3-17-13(16)9-4-5-11-10(7-9)8(2)6-12(15)14-11/h4-7H,3H2,1-2H3,(H,14,15). The maximum Gasteiger partial charge on any atom is 0.338 e. The van der Waals surface area contributed by atoms with Gasteiger partial charge in [-0.15, -0.1) is 0 Å². The molecule has 0 aliphatic heterocycles. The largest absolute Gasteiger partial charge is 0.462 e. The number of esters is 1. The molecule has 0 saturated heterocycles. The molecule has 1 N–H and O–H groups in total. The van der Waals surface area contributed by atoms with Gasteiger partial charge in [-0.05, 0) is 37.6 Å². The van der Waals surface area contributed by atoms with Gasteiger partial charge in [-0.2, -0.15) is 0 Å². The number of aromatic amines is 1. The summed E-state index contributed by atoms with van der Waals surface area (Å²) >= 11 is 0. The third-order valence-electron chi connectivity index (χ3n) is 2.56. The number of pyridine rings is 1. The summed E-state index contributed by atoms with van der Waals surface area (Å²) in [5.74, 6) is -0.347. The Morgan fingerprint density at radius 3 is 2.82 bits per heavy atom. The van der Waals surface area contributed by atoms with Crippen LogP contribution in [0.5, 0.6) is 0 Å². The molecule has 0 fully saturated rings. The number of H-pyrrole nitrogens is 1. The number of hydrogen-bond donors (Lipinski definition) is 1. The highest BCUT2D eigenvalue weighted by Gasteiger charge is 2.08. The van der Waals surface area contributed by atoms with Crippen LogP contribution in [-0.2, 0) is 4.74 Å². The minimum Gasteiger partial charge on any atom is -0.462 e. The number of carbonyl (C=O) groups excluding carboxylic acids is 1. The van der Waals surface area contributed by atoms with E-state index in [1.165, 1.54) is 6.07 Å². The first-order valence-corrected chi connectivity index (χ1v) is 5.42. The quantitative estimate of drug-likeness (QED) is 0.804. The molecule has 4 nitrogen and oxygen atoms in total. The van der Waals surface area contributed by atoms with Crippen molar-refractivity contribution in [3.8, 4) is 0 Å². The number of aryl methyl sites for hydroxylation is 1. The third kappa shape index (κ3) is 2.20. The van der Waals surface area contributed by atoms with Crippen molar-refractivity contribution in [2.75, 3.05) is 6.61 Å². The van der Waals surface area contributed by atoms with Gasteiger partial charge in [0.25, 0.3) is 0 Å². The normalized spacial score (nSPS) is 10.5. The van der Waals surface area contributed by atoms with Crippen molar-refractivity contribution in [2.45, 2.75) is 13.8 Å². The number of nitrogens with one attached hydrogen (secondary N) is 1. The van der Waals surface area contributed by atoms with Crippen LogP contribution in [0.25, 0.3) is 10.9 Å². The smallest absolute Gasteiger partial charge is 0.338 e. The maximum absolute atomic E-state index is 11.6. The van der Waals surface area contributed by atoms with E-state index in [1.54, 1.807) is 25.1 Å². The number of ether oxygens (including phenoxy) is 1. The average molecular weight is 231 g/mol. The molecule has 0 bridgehead atoms. The van der Waals surface area contributed by atoms with Gasteiger partial charge in [0.15, 0.2) is 0 Å². The molecule has 0 saturated carbocycles. The number of aromatic nitrogens is 1. The van der Waals surface area contributed by atoms with E-state index in [0.29, 0.717) is 12.2 Å². The first kappa shape index (κ1) is 11.4. The molecule has 0 amide bonds. The maximum atomic E-state index is 11.6. The fraction of sp³-hybridized carbons (Fsp3) is 0.231. The van der Waals surface area contributed by atoms with Crippen LogP contribution in [0.2, 0.25) is 0 Å². The highest BCUT2D eigenvalue weighted by atomic mass is 16.5. The van der Waals surface area contributed by atoms with Gasteiger partial charge < -0.3 is 9.72 Å². The zero-order valence-corrected chi connectivity index (χ0v) is 9.74. The summed E-state index contributed by atoms with van der Waals surface area (Å²) in [6, 6.07) is 6.61. The fourth-order valence-electron chi connectivity index (χ4n) is 1.76. The summed E-state index contributed by atoms with van der Waals surface area (Å²) in [5.41, 5.74) is 1.92. The summed E-state index contributed by atoms with van der Waals surface area (Å²) in [4.78, 5) is 25.6. The Bertz CT molecular complexity index is 628. The van der Waals surface area contributed by atoms with Gasteiger partial charge in [0.1, 0.15) is 0 Å². The number of carbonyl (C=O) groups is 1. The van der Waals surface area contributed by atoms with Crippen molar-refractivity contribution in [1.82, 2.24) is 4.98 Å². The van der Waals surface area contributed by atoms with E-state index in [0.717, 1.165) is 16.5 Å². The van der Waals surface area contributed by atoms with Gasteiger partial charge in [0.05, 0.1) is 12.2 Å². The van der Waals surface area contributed by atoms with E-state index in [1.807, 2.05) is 6.92 Å². The van der Waals surface area contributed by atoms with Gasteiger partial charge >= 0.3 is 5.97 Å². The van der Waals surface area contributed by atoms with E-state index in [2.05, 4.69) is 4.98 Å². The van der Waals surface area contributed by atoms with Crippen LogP contribution in [0, 0.1) is 6.92 Å². The second-order valence-electron chi connectivity index (χ2n) is 3.80. The lowest BCUT2D eigenvalue weighted by Crippen LogP contribution is -2.07. The number of benzene rings is 1. The van der Waals surface area contributed by atoms with Crippen molar-refractivity contribution >= 4 is 16.9 Å². The molecule has 0 unspecified atom stereocenters. The topological polar surface area (TPSA) is 59.2 Å². The van der Waals surface area contributed by atoms with Gasteiger partial charge in [-0.25, -0.2) is 4.79 Å². The Kier molecular flexibility index (Phi) is 2.95. The summed E-state index contributed by atoms with van der Waals surface area (Å²) in [6.07, 6.45) is 0. The van der Waals surface area contributed by atoms with Crippen molar-refractivity contribution < 1.29 is 9.53 Å². The van der Waals surface area contributed by atoms with Crippen LogP contribution in [0.4, 0.5) is 0 Å². The zero-order valence-electron chi connectivity index (χ0n) is 9.74. The van der Waals surface area contributed by atoms with E-state index in [-0.39, 0.29) is 11.5 Å². The summed E-state index contributed by atoms with van der Waals surface area (Å²) in [7, 11) is 0. The SMILES string of the molecule is CCOC(=O)c1ccc2[nH]c(=O)cc(C)c2c1. The Morgan fingerprint density at radius 1 is 1.35 bits per heavy atom. The lowest BCUT2D eigenvalue weighted by Gasteiger charge is -2.05. The number of fused-ring (bicyclic) bond motifs is 1. The van der Waals surface area contributed by atoms with Crippen LogP contribution >= 0.6 is 0 Å². The average Bonchev–Trinajstić information content (AvgIpc) is 2.28. The Balaban J connectivity index is 2.58. The number of rotatable bonds is 2. The second-order valence-corrected chi connectivity index (χ2v) is 3.80. The van der Waals surface area contributed by atoms with Crippen LogP contribution in [0.1, 0.15) is 22.8 Å². The van der Waals surface area contributed by atoms with E-state index in [4.69, 9.17) is 4.74 Å². The predicted molar refractivity (Wildman–Crippen MR) is 65.3 cm³/mol. The molecule has 0 radical (unpaired) electrons. The van der Waals surface area contributed by atoms with Gasteiger partial charge in [-0.1, -0.05) is 0 Å². The van der Waals surface area contributed by atoms with Gasteiger partial charge in [0, 0.05) is 17.0 Å². The van der Waals surface area contributed by atoms with Crippen LogP contribution in [-0.4, -0.2) is 17.6 Å². The highest BCUT2D eigenvalue weighted by Crippen LogP contribution is 2.16. The molecule has 1 aromatic carbocycles. The fourth-order valence-corrected chi connectivity index (χ4v) is 1.76. The van der Waals surface area contributed by atoms with E-state index in [9.17, 15) is 9.59 Å². The van der Waals surface area contributed by atoms with Crippen LogP contribution in [0.3, 0.4) is 0 Å². The van der Waals surface area contributed by atoms with Crippen molar-refractivity contribution in [1.29, 1.82) is 0 Å². The van der Waals surface area contributed by atoms with Gasteiger partial charge in [-0.3, -0.25) is 4.79 Å². The van der Waals surface area contributed by atoms with Crippen molar-refractivity contribution in [2.24, 2.45) is 0 Å². The van der Waals surface area contributed by atoms with Gasteiger partial charge in [0.2, 0.25) is 5.56 Å². The minimum atomic E-state index is -0.347. The number of hydrogen-bond acceptors (Lipinski definition) is 3. The Morgan fingerprint density at radius 2 is 2.12 bits per heavy atom. The summed E-state index contributed by atoms with van der Waals surface area (Å²) < 4.78 is 4.93. The molecule has 17 heavy (non-hydrogen) atoms. The molecule has 0 spiro atoms. The Labute approximate surface area is 98.2 Å².